The number of amides is 1. The molecule has 0 aliphatic carbocycles. The van der Waals surface area contributed by atoms with Crippen LogP contribution in [0.15, 0.2) is 22.7 Å². The van der Waals surface area contributed by atoms with E-state index in [0.717, 1.165) is 15.6 Å². The van der Waals surface area contributed by atoms with Crippen LogP contribution in [0.2, 0.25) is 0 Å². The molecule has 0 aromatic heterocycles. The highest BCUT2D eigenvalue weighted by Gasteiger charge is 2.24. The Kier molecular flexibility index (Phi) is 1.68. The quantitative estimate of drug-likeness (QED) is 0.722. The second-order valence-corrected chi connectivity index (χ2v) is 3.84. The predicted octanol–water partition coefficient (Wildman–Crippen LogP) is 2.25. The summed E-state index contributed by atoms with van der Waals surface area (Å²) in [5.74, 6) is 0.0267. The molecule has 0 fully saturated rings. The molecule has 3 heteroatoms. The summed E-state index contributed by atoms with van der Waals surface area (Å²) >= 11 is 3.33. The maximum atomic E-state index is 11.3. The molecule has 0 saturated carbocycles. The van der Waals surface area contributed by atoms with Crippen LogP contribution in [0.5, 0.6) is 0 Å². The molecule has 1 atom stereocenters. The Labute approximate surface area is 79.1 Å². The fourth-order valence-electron chi connectivity index (χ4n) is 1.45. The molecule has 0 radical (unpaired) electrons. The number of nitrogens with one attached hydrogen (secondary N) is 1. The number of fused-ring (bicyclic) bond motifs is 1. The van der Waals surface area contributed by atoms with E-state index in [9.17, 15) is 4.79 Å². The van der Waals surface area contributed by atoms with Crippen molar-refractivity contribution in [2.24, 2.45) is 0 Å². The normalized spacial score (nSPS) is 20.5. The summed E-state index contributed by atoms with van der Waals surface area (Å²) in [6, 6.07) is 5.94. The zero-order valence-electron chi connectivity index (χ0n) is 6.60. The highest BCUT2D eigenvalue weighted by Crippen LogP contribution is 2.27. The minimum atomic E-state index is 0.0267. The highest BCUT2D eigenvalue weighted by atomic mass is 79.9. The van der Waals surface area contributed by atoms with E-state index >= 15 is 0 Å². The molecular formula is C9H8BrNO. The monoisotopic (exact) mass is 225 g/mol. The molecule has 12 heavy (non-hydrogen) atoms. The Morgan fingerprint density at radius 3 is 3.00 bits per heavy atom. The second kappa shape index (κ2) is 2.59. The number of rotatable bonds is 0. The van der Waals surface area contributed by atoms with Crippen molar-refractivity contribution in [3.8, 4) is 0 Å². The molecule has 1 aromatic carbocycles. The molecule has 2 rings (SSSR count). The van der Waals surface area contributed by atoms with E-state index in [-0.39, 0.29) is 11.9 Å². The van der Waals surface area contributed by atoms with Crippen molar-refractivity contribution < 1.29 is 4.79 Å². The summed E-state index contributed by atoms with van der Waals surface area (Å²) in [5.41, 5.74) is 1.88. The highest BCUT2D eigenvalue weighted by molar-refractivity contribution is 9.10. The SMILES string of the molecule is CC1NC(=O)c2cc(Br)ccc21. The van der Waals surface area contributed by atoms with E-state index in [4.69, 9.17) is 0 Å². The molecule has 1 heterocycles. The molecule has 0 bridgehead atoms. The second-order valence-electron chi connectivity index (χ2n) is 2.93. The van der Waals surface area contributed by atoms with Gasteiger partial charge in [-0.3, -0.25) is 4.79 Å². The largest absolute Gasteiger partial charge is 0.345 e. The van der Waals surface area contributed by atoms with Crippen LogP contribution in [-0.4, -0.2) is 5.91 Å². The van der Waals surface area contributed by atoms with Crippen LogP contribution in [0.3, 0.4) is 0 Å². The van der Waals surface area contributed by atoms with Crippen molar-refractivity contribution in [1.82, 2.24) is 5.32 Å². The van der Waals surface area contributed by atoms with Crippen LogP contribution >= 0.6 is 15.9 Å². The van der Waals surface area contributed by atoms with Crippen LogP contribution in [0.1, 0.15) is 28.9 Å². The number of hydrogen-bond donors (Lipinski definition) is 1. The molecule has 0 saturated heterocycles. The van der Waals surface area contributed by atoms with Crippen LogP contribution in [0, 0.1) is 0 Å². The number of benzene rings is 1. The van der Waals surface area contributed by atoms with E-state index in [1.165, 1.54) is 0 Å². The third-order valence-electron chi connectivity index (χ3n) is 2.07. The van der Waals surface area contributed by atoms with Gasteiger partial charge in [-0.15, -0.1) is 0 Å². The lowest BCUT2D eigenvalue weighted by Crippen LogP contribution is -2.16. The van der Waals surface area contributed by atoms with Crippen LogP contribution in [-0.2, 0) is 0 Å². The van der Waals surface area contributed by atoms with Gasteiger partial charge < -0.3 is 5.32 Å². The lowest BCUT2D eigenvalue weighted by Gasteiger charge is -2.01. The lowest BCUT2D eigenvalue weighted by atomic mass is 10.1. The Morgan fingerprint density at radius 2 is 2.25 bits per heavy atom. The predicted molar refractivity (Wildman–Crippen MR) is 50.0 cm³/mol. The molecule has 1 unspecified atom stereocenters. The molecular weight excluding hydrogens is 218 g/mol. The van der Waals surface area contributed by atoms with Gasteiger partial charge in [0.1, 0.15) is 0 Å². The molecule has 1 amide bonds. The van der Waals surface area contributed by atoms with Gasteiger partial charge in [0, 0.05) is 10.0 Å². The first-order valence-corrected chi connectivity index (χ1v) is 4.58. The number of halogens is 1. The van der Waals surface area contributed by atoms with Crippen molar-refractivity contribution in [3.05, 3.63) is 33.8 Å². The zero-order chi connectivity index (χ0) is 8.72. The van der Waals surface area contributed by atoms with Crippen molar-refractivity contribution in [3.63, 3.8) is 0 Å². The van der Waals surface area contributed by atoms with E-state index in [0.29, 0.717) is 0 Å². The minimum Gasteiger partial charge on any atom is -0.345 e. The van der Waals surface area contributed by atoms with Gasteiger partial charge in [-0.2, -0.15) is 0 Å². The maximum Gasteiger partial charge on any atom is 0.252 e. The van der Waals surface area contributed by atoms with Gasteiger partial charge >= 0.3 is 0 Å². The topological polar surface area (TPSA) is 29.1 Å². The first-order valence-electron chi connectivity index (χ1n) is 3.79. The molecule has 2 nitrogen and oxygen atoms in total. The molecule has 1 aliphatic heterocycles. The standard InChI is InChI=1S/C9H8BrNO/c1-5-7-3-2-6(10)4-8(7)9(12)11-5/h2-5H,1H3,(H,11,12). The van der Waals surface area contributed by atoms with Crippen molar-refractivity contribution in [1.29, 1.82) is 0 Å². The van der Waals surface area contributed by atoms with Gasteiger partial charge in [0.2, 0.25) is 0 Å². The average molecular weight is 226 g/mol. The molecule has 62 valence electrons. The molecule has 0 spiro atoms. The van der Waals surface area contributed by atoms with Gasteiger partial charge in [-0.1, -0.05) is 22.0 Å². The van der Waals surface area contributed by atoms with Crippen LogP contribution < -0.4 is 5.32 Å². The van der Waals surface area contributed by atoms with Gasteiger partial charge in [-0.25, -0.2) is 0 Å². The lowest BCUT2D eigenvalue weighted by molar-refractivity contribution is 0.0958. The number of carbonyl (C=O) groups excluding carboxylic acids is 1. The molecule has 1 aromatic rings. The van der Waals surface area contributed by atoms with E-state index in [1.807, 2.05) is 25.1 Å². The summed E-state index contributed by atoms with van der Waals surface area (Å²) in [5, 5.41) is 2.85. The molecule has 1 aliphatic rings. The van der Waals surface area contributed by atoms with Gasteiger partial charge in [0.15, 0.2) is 0 Å². The zero-order valence-corrected chi connectivity index (χ0v) is 8.18. The van der Waals surface area contributed by atoms with Crippen molar-refractivity contribution in [2.45, 2.75) is 13.0 Å². The first-order chi connectivity index (χ1) is 5.68. The van der Waals surface area contributed by atoms with E-state index in [1.54, 1.807) is 0 Å². The van der Waals surface area contributed by atoms with Crippen LogP contribution in [0.4, 0.5) is 0 Å². The number of carbonyl (C=O) groups is 1. The third-order valence-corrected chi connectivity index (χ3v) is 2.57. The van der Waals surface area contributed by atoms with Crippen molar-refractivity contribution >= 4 is 21.8 Å². The third kappa shape index (κ3) is 1.05. The first kappa shape index (κ1) is 7.80. The number of hydrogen-bond acceptors (Lipinski definition) is 1. The molecule has 1 N–H and O–H groups in total. The minimum absolute atomic E-state index is 0.0267. The summed E-state index contributed by atoms with van der Waals surface area (Å²) in [6.45, 7) is 1.98. The smallest absolute Gasteiger partial charge is 0.252 e. The fourth-order valence-corrected chi connectivity index (χ4v) is 1.82. The Morgan fingerprint density at radius 1 is 1.50 bits per heavy atom. The summed E-state index contributed by atoms with van der Waals surface area (Å²) < 4.78 is 0.950. The van der Waals surface area contributed by atoms with Crippen molar-refractivity contribution in [2.75, 3.05) is 0 Å². The van der Waals surface area contributed by atoms with Gasteiger partial charge in [0.05, 0.1) is 6.04 Å². The van der Waals surface area contributed by atoms with Gasteiger partial charge in [-0.05, 0) is 24.6 Å². The van der Waals surface area contributed by atoms with Gasteiger partial charge in [0.25, 0.3) is 5.91 Å². The summed E-state index contributed by atoms with van der Waals surface area (Å²) in [6.07, 6.45) is 0. The fraction of sp³-hybridized carbons (Fsp3) is 0.222. The van der Waals surface area contributed by atoms with E-state index in [2.05, 4.69) is 21.2 Å². The average Bonchev–Trinajstić information content (AvgIpc) is 2.28. The Bertz CT molecular complexity index is 348. The summed E-state index contributed by atoms with van der Waals surface area (Å²) in [7, 11) is 0. The van der Waals surface area contributed by atoms with Crippen LogP contribution in [0.25, 0.3) is 0 Å². The Hall–Kier alpha value is -0.830. The maximum absolute atomic E-state index is 11.3. The van der Waals surface area contributed by atoms with E-state index < -0.39 is 0 Å². The Balaban J connectivity index is 2.60. The summed E-state index contributed by atoms with van der Waals surface area (Å²) in [4.78, 5) is 11.3.